The molecule has 0 radical (unpaired) electrons. The Morgan fingerprint density at radius 1 is 0.966 bits per heavy atom. The third kappa shape index (κ3) is 8.50. The predicted octanol–water partition coefficient (Wildman–Crippen LogP) is 3.14. The number of nitriles is 1. The Morgan fingerprint density at radius 3 is 2.48 bits per heavy atom. The summed E-state index contributed by atoms with van der Waals surface area (Å²) < 4.78 is 0. The number of benzene rings is 1. The van der Waals surface area contributed by atoms with Gasteiger partial charge in [-0.2, -0.15) is 17.0 Å². The van der Waals surface area contributed by atoms with E-state index in [-0.39, 0.29) is 43.4 Å². The zero-order chi connectivity index (χ0) is 20.9. The molecule has 0 spiro atoms. The highest BCUT2D eigenvalue weighted by molar-refractivity contribution is 7.98. The van der Waals surface area contributed by atoms with Crippen LogP contribution in [0.5, 0.6) is 0 Å². The molecule has 152 valence electrons. The number of hydrogen-bond donors (Lipinski definition) is 2. The Kier molecular flexibility index (Phi) is 9.96. The number of hydrogen-bond acceptors (Lipinski definition) is 6. The van der Waals surface area contributed by atoms with Gasteiger partial charge in [-0.25, -0.2) is 0 Å². The molecule has 0 bridgehead atoms. The summed E-state index contributed by atoms with van der Waals surface area (Å²) in [5.74, 6) is 1.07. The zero-order valence-corrected chi connectivity index (χ0v) is 17.6. The normalized spacial score (nSPS) is 10.2. The molecule has 8 heteroatoms. The SMILES string of the molecule is N#Cc1ccccc1CSCCNC(=O)CCNC(=O)CCC(=O)c1cccs1. The average molecular weight is 430 g/mol. The van der Waals surface area contributed by atoms with E-state index in [1.165, 1.54) is 11.3 Å². The minimum absolute atomic E-state index is 0.0391. The van der Waals surface area contributed by atoms with Crippen molar-refractivity contribution in [3.8, 4) is 6.07 Å². The number of carbonyl (C=O) groups excluding carboxylic acids is 3. The lowest BCUT2D eigenvalue weighted by atomic mass is 10.1. The van der Waals surface area contributed by atoms with Gasteiger partial charge in [-0.3, -0.25) is 14.4 Å². The minimum Gasteiger partial charge on any atom is -0.356 e. The quantitative estimate of drug-likeness (QED) is 0.399. The van der Waals surface area contributed by atoms with Crippen LogP contribution in [-0.2, 0) is 15.3 Å². The van der Waals surface area contributed by atoms with Crippen molar-refractivity contribution in [2.24, 2.45) is 0 Å². The summed E-state index contributed by atoms with van der Waals surface area (Å²) in [6, 6.07) is 13.2. The molecule has 2 N–H and O–H groups in total. The summed E-state index contributed by atoms with van der Waals surface area (Å²) in [6.45, 7) is 0.780. The van der Waals surface area contributed by atoms with Crippen LogP contribution in [0.15, 0.2) is 41.8 Å². The highest BCUT2D eigenvalue weighted by Crippen LogP contribution is 2.15. The van der Waals surface area contributed by atoms with E-state index in [0.29, 0.717) is 17.0 Å². The second-order valence-electron chi connectivity index (χ2n) is 6.17. The van der Waals surface area contributed by atoms with Gasteiger partial charge in [0.25, 0.3) is 0 Å². The molecule has 1 heterocycles. The molecule has 0 fully saturated rings. The summed E-state index contributed by atoms with van der Waals surface area (Å²) in [6.07, 6.45) is 0.496. The molecule has 0 atom stereocenters. The van der Waals surface area contributed by atoms with Crippen LogP contribution in [0.25, 0.3) is 0 Å². The molecule has 0 unspecified atom stereocenters. The van der Waals surface area contributed by atoms with Crippen LogP contribution in [0.3, 0.4) is 0 Å². The summed E-state index contributed by atoms with van der Waals surface area (Å²) in [5, 5.41) is 16.4. The summed E-state index contributed by atoms with van der Waals surface area (Å²) in [7, 11) is 0. The first-order valence-electron chi connectivity index (χ1n) is 9.26. The Balaban J connectivity index is 1.50. The van der Waals surface area contributed by atoms with Crippen molar-refractivity contribution in [1.82, 2.24) is 10.6 Å². The predicted molar refractivity (Wildman–Crippen MR) is 116 cm³/mol. The van der Waals surface area contributed by atoms with E-state index in [9.17, 15) is 14.4 Å². The first kappa shape index (κ1) is 22.7. The van der Waals surface area contributed by atoms with Gasteiger partial charge in [0.05, 0.1) is 16.5 Å². The molecule has 6 nitrogen and oxygen atoms in total. The van der Waals surface area contributed by atoms with Gasteiger partial charge < -0.3 is 10.6 Å². The Hall–Kier alpha value is -2.63. The number of nitrogens with one attached hydrogen (secondary N) is 2. The maximum atomic E-state index is 11.8. The summed E-state index contributed by atoms with van der Waals surface area (Å²) in [4.78, 5) is 36.1. The van der Waals surface area contributed by atoms with Gasteiger partial charge in [0.2, 0.25) is 11.8 Å². The maximum Gasteiger partial charge on any atom is 0.221 e. The number of ketones is 1. The maximum absolute atomic E-state index is 11.8. The van der Waals surface area contributed by atoms with Gasteiger partial charge in [-0.05, 0) is 23.1 Å². The van der Waals surface area contributed by atoms with Gasteiger partial charge in [0.15, 0.2) is 5.78 Å². The van der Waals surface area contributed by atoms with Crippen LogP contribution in [0.2, 0.25) is 0 Å². The van der Waals surface area contributed by atoms with Gasteiger partial charge in [0.1, 0.15) is 0 Å². The van der Waals surface area contributed by atoms with E-state index < -0.39 is 0 Å². The number of Topliss-reactive ketones (excluding diaryl/α,β-unsaturated/α-hetero) is 1. The van der Waals surface area contributed by atoms with Crippen molar-refractivity contribution in [1.29, 1.82) is 5.26 Å². The fourth-order valence-electron chi connectivity index (χ4n) is 2.48. The van der Waals surface area contributed by atoms with E-state index in [1.807, 2.05) is 23.6 Å². The highest BCUT2D eigenvalue weighted by atomic mass is 32.2. The fraction of sp³-hybridized carbons (Fsp3) is 0.333. The van der Waals surface area contributed by atoms with Crippen molar-refractivity contribution in [2.45, 2.75) is 25.0 Å². The van der Waals surface area contributed by atoms with E-state index in [1.54, 1.807) is 30.0 Å². The average Bonchev–Trinajstić information content (AvgIpc) is 3.27. The van der Waals surface area contributed by atoms with Crippen LogP contribution < -0.4 is 10.6 Å². The molecule has 1 aromatic heterocycles. The number of thioether (sulfide) groups is 1. The van der Waals surface area contributed by atoms with Crippen molar-refractivity contribution < 1.29 is 14.4 Å². The van der Waals surface area contributed by atoms with Crippen LogP contribution >= 0.6 is 23.1 Å². The number of rotatable bonds is 12. The van der Waals surface area contributed by atoms with Crippen LogP contribution in [0.1, 0.15) is 40.1 Å². The van der Waals surface area contributed by atoms with Gasteiger partial charge in [-0.15, -0.1) is 11.3 Å². The lowest BCUT2D eigenvalue weighted by Crippen LogP contribution is -2.31. The molecule has 2 aromatic rings. The van der Waals surface area contributed by atoms with E-state index in [2.05, 4.69) is 16.7 Å². The molecule has 0 aliphatic heterocycles. The zero-order valence-electron chi connectivity index (χ0n) is 16.0. The van der Waals surface area contributed by atoms with E-state index in [4.69, 9.17) is 5.26 Å². The van der Waals surface area contributed by atoms with Gasteiger partial charge >= 0.3 is 0 Å². The molecule has 0 saturated heterocycles. The fourth-order valence-corrected chi connectivity index (χ4v) is 4.04. The Labute approximate surface area is 178 Å². The Bertz CT molecular complexity index is 860. The Morgan fingerprint density at radius 2 is 1.72 bits per heavy atom. The molecule has 2 rings (SSSR count). The van der Waals surface area contributed by atoms with Crippen molar-refractivity contribution >= 4 is 40.7 Å². The second kappa shape index (κ2) is 12.8. The lowest BCUT2D eigenvalue weighted by Gasteiger charge is -2.07. The third-order valence-corrected chi connectivity index (χ3v) is 5.93. The van der Waals surface area contributed by atoms with E-state index >= 15 is 0 Å². The first-order chi connectivity index (χ1) is 14.1. The van der Waals surface area contributed by atoms with Crippen molar-refractivity contribution in [3.63, 3.8) is 0 Å². The van der Waals surface area contributed by atoms with Crippen LogP contribution in [-0.4, -0.2) is 36.4 Å². The van der Waals surface area contributed by atoms with E-state index in [0.717, 1.165) is 17.1 Å². The van der Waals surface area contributed by atoms with Crippen LogP contribution in [0, 0.1) is 11.3 Å². The molecule has 29 heavy (non-hydrogen) atoms. The first-order valence-corrected chi connectivity index (χ1v) is 11.3. The standard InChI is InChI=1S/C21H23N3O3S2/c22-14-16-4-1-2-5-17(16)15-28-13-11-24-21(27)9-10-23-20(26)8-7-18(25)19-6-3-12-29-19/h1-6,12H,7-11,13,15H2,(H,23,26)(H,24,27). The van der Waals surface area contributed by atoms with Crippen molar-refractivity contribution in [3.05, 3.63) is 57.8 Å². The van der Waals surface area contributed by atoms with Gasteiger partial charge in [0, 0.05) is 43.9 Å². The number of amides is 2. The highest BCUT2D eigenvalue weighted by Gasteiger charge is 2.10. The summed E-state index contributed by atoms with van der Waals surface area (Å²) >= 11 is 3.01. The molecule has 0 saturated carbocycles. The van der Waals surface area contributed by atoms with Gasteiger partial charge in [-0.1, -0.05) is 24.3 Å². The number of nitrogens with zero attached hydrogens (tertiary/aromatic N) is 1. The molecule has 0 aliphatic carbocycles. The summed E-state index contributed by atoms with van der Waals surface area (Å²) in [5.41, 5.74) is 1.67. The second-order valence-corrected chi connectivity index (χ2v) is 8.22. The molecule has 1 aromatic carbocycles. The topological polar surface area (TPSA) is 99.1 Å². The molecular weight excluding hydrogens is 406 g/mol. The smallest absolute Gasteiger partial charge is 0.221 e. The third-order valence-electron chi connectivity index (χ3n) is 4.01. The largest absolute Gasteiger partial charge is 0.356 e. The number of carbonyl (C=O) groups is 3. The molecule has 2 amide bonds. The number of thiophene rings is 1. The minimum atomic E-state index is -0.227. The molecule has 0 aliphatic rings. The van der Waals surface area contributed by atoms with Crippen LogP contribution in [0.4, 0.5) is 0 Å². The monoisotopic (exact) mass is 429 g/mol. The lowest BCUT2D eigenvalue weighted by molar-refractivity contribution is -0.122. The molecular formula is C21H23N3O3S2. The van der Waals surface area contributed by atoms with Crippen molar-refractivity contribution in [2.75, 3.05) is 18.8 Å².